The zero-order valence-electron chi connectivity index (χ0n) is 11.1. The Hall–Kier alpha value is -2.08. The van der Waals surface area contributed by atoms with Gasteiger partial charge in [-0.05, 0) is 6.07 Å². The van der Waals surface area contributed by atoms with Crippen LogP contribution in [0.15, 0.2) is 24.4 Å². The van der Waals surface area contributed by atoms with Gasteiger partial charge in [0.1, 0.15) is 17.3 Å². The first kappa shape index (κ1) is 13.4. The lowest BCUT2D eigenvalue weighted by Crippen LogP contribution is -2.18. The molecule has 5 nitrogen and oxygen atoms in total. The number of benzene rings is 1. The van der Waals surface area contributed by atoms with Gasteiger partial charge in [0, 0.05) is 18.7 Å². The maximum atomic E-state index is 14.0. The highest BCUT2D eigenvalue weighted by Gasteiger charge is 2.21. The Balaban J connectivity index is 2.43. The maximum Gasteiger partial charge on any atom is 0.161 e. The number of halogens is 1. The van der Waals surface area contributed by atoms with Crippen molar-refractivity contribution >= 4 is 0 Å². The lowest BCUT2D eigenvalue weighted by Gasteiger charge is -2.15. The lowest BCUT2D eigenvalue weighted by molar-refractivity contribution is 0.404. The van der Waals surface area contributed by atoms with E-state index in [0.29, 0.717) is 22.8 Å². The molecule has 0 aliphatic carbocycles. The van der Waals surface area contributed by atoms with Gasteiger partial charge in [-0.15, -0.1) is 0 Å². The van der Waals surface area contributed by atoms with Gasteiger partial charge in [0.25, 0.3) is 0 Å². The van der Waals surface area contributed by atoms with Gasteiger partial charge < -0.3 is 15.2 Å². The smallest absolute Gasteiger partial charge is 0.161 e. The van der Waals surface area contributed by atoms with Crippen molar-refractivity contribution in [3.8, 4) is 11.5 Å². The SMILES string of the molecule is COc1ccc(C(N)c2c(OC)cnn2C)c(F)c1. The molecule has 2 N–H and O–H groups in total. The Morgan fingerprint density at radius 2 is 2.05 bits per heavy atom. The van der Waals surface area contributed by atoms with Crippen LogP contribution in [0.4, 0.5) is 4.39 Å². The molecule has 2 rings (SSSR count). The van der Waals surface area contributed by atoms with Crippen molar-refractivity contribution in [1.29, 1.82) is 0 Å². The van der Waals surface area contributed by atoms with Crippen molar-refractivity contribution in [3.63, 3.8) is 0 Å². The molecular formula is C13H16FN3O2. The molecule has 0 fully saturated rings. The predicted molar refractivity (Wildman–Crippen MR) is 68.7 cm³/mol. The molecule has 0 amide bonds. The Morgan fingerprint density at radius 1 is 1.32 bits per heavy atom. The van der Waals surface area contributed by atoms with E-state index in [1.165, 1.54) is 20.3 Å². The molecule has 1 atom stereocenters. The number of hydrogen-bond acceptors (Lipinski definition) is 4. The minimum absolute atomic E-state index is 0.364. The van der Waals surface area contributed by atoms with Crippen LogP contribution in [-0.4, -0.2) is 24.0 Å². The van der Waals surface area contributed by atoms with Gasteiger partial charge in [0.2, 0.25) is 0 Å². The molecule has 0 aliphatic heterocycles. The van der Waals surface area contributed by atoms with Crippen LogP contribution in [0.5, 0.6) is 11.5 Å². The first-order valence-electron chi connectivity index (χ1n) is 5.73. The second-order valence-electron chi connectivity index (χ2n) is 4.09. The van der Waals surface area contributed by atoms with E-state index in [1.807, 2.05) is 0 Å². The van der Waals surface area contributed by atoms with Gasteiger partial charge in [-0.3, -0.25) is 4.68 Å². The number of aryl methyl sites for hydroxylation is 1. The zero-order chi connectivity index (χ0) is 14.0. The summed E-state index contributed by atoms with van der Waals surface area (Å²) in [7, 11) is 4.75. The number of aromatic nitrogens is 2. The number of methoxy groups -OCH3 is 2. The van der Waals surface area contributed by atoms with Crippen LogP contribution < -0.4 is 15.2 Å². The number of ether oxygens (including phenoxy) is 2. The summed E-state index contributed by atoms with van der Waals surface area (Å²) in [5.74, 6) is 0.561. The first-order chi connectivity index (χ1) is 9.08. The largest absolute Gasteiger partial charge is 0.497 e. The van der Waals surface area contributed by atoms with Crippen molar-refractivity contribution in [2.75, 3.05) is 14.2 Å². The molecule has 6 heteroatoms. The Labute approximate surface area is 110 Å². The van der Waals surface area contributed by atoms with E-state index in [1.54, 1.807) is 30.1 Å². The third-order valence-corrected chi connectivity index (χ3v) is 3.01. The molecule has 0 spiro atoms. The monoisotopic (exact) mass is 265 g/mol. The normalized spacial score (nSPS) is 12.3. The zero-order valence-corrected chi connectivity index (χ0v) is 11.1. The van der Waals surface area contributed by atoms with E-state index in [0.717, 1.165) is 0 Å². The van der Waals surface area contributed by atoms with Crippen LogP contribution >= 0.6 is 0 Å². The molecule has 0 radical (unpaired) electrons. The summed E-state index contributed by atoms with van der Waals surface area (Å²) in [5.41, 5.74) is 7.09. The molecule has 1 aromatic carbocycles. The molecule has 19 heavy (non-hydrogen) atoms. The second kappa shape index (κ2) is 5.27. The highest BCUT2D eigenvalue weighted by atomic mass is 19.1. The number of nitrogens with two attached hydrogens (primary N) is 1. The van der Waals surface area contributed by atoms with E-state index in [9.17, 15) is 4.39 Å². The second-order valence-corrected chi connectivity index (χ2v) is 4.09. The summed E-state index contributed by atoms with van der Waals surface area (Å²) < 4.78 is 25.7. The summed E-state index contributed by atoms with van der Waals surface area (Å²) in [4.78, 5) is 0. The quantitative estimate of drug-likeness (QED) is 0.912. The fraction of sp³-hybridized carbons (Fsp3) is 0.308. The van der Waals surface area contributed by atoms with Gasteiger partial charge in [-0.1, -0.05) is 6.07 Å². The van der Waals surface area contributed by atoms with Gasteiger partial charge in [-0.2, -0.15) is 5.10 Å². The summed E-state index contributed by atoms with van der Waals surface area (Å²) >= 11 is 0. The van der Waals surface area contributed by atoms with Gasteiger partial charge in [-0.25, -0.2) is 4.39 Å². The standard InChI is InChI=1S/C13H16FN3O2/c1-17-13(11(19-3)7-16-17)12(15)9-5-4-8(18-2)6-10(9)14/h4-7,12H,15H2,1-3H3. The van der Waals surface area contributed by atoms with Gasteiger partial charge in [0.05, 0.1) is 26.5 Å². The molecule has 0 bridgehead atoms. The van der Waals surface area contributed by atoms with Crippen molar-refractivity contribution in [3.05, 3.63) is 41.5 Å². The number of nitrogens with zero attached hydrogens (tertiary/aromatic N) is 2. The van der Waals surface area contributed by atoms with Crippen LogP contribution in [0.25, 0.3) is 0 Å². The Morgan fingerprint density at radius 3 is 2.63 bits per heavy atom. The van der Waals surface area contributed by atoms with Gasteiger partial charge >= 0.3 is 0 Å². The van der Waals surface area contributed by atoms with Crippen molar-refractivity contribution in [1.82, 2.24) is 9.78 Å². The molecule has 1 unspecified atom stereocenters. The van der Waals surface area contributed by atoms with E-state index in [4.69, 9.17) is 15.2 Å². The molecule has 0 aliphatic rings. The number of hydrogen-bond donors (Lipinski definition) is 1. The lowest BCUT2D eigenvalue weighted by atomic mass is 10.0. The highest BCUT2D eigenvalue weighted by molar-refractivity contribution is 5.39. The first-order valence-corrected chi connectivity index (χ1v) is 5.73. The fourth-order valence-electron chi connectivity index (χ4n) is 1.97. The summed E-state index contributed by atoms with van der Waals surface area (Å²) in [6.07, 6.45) is 1.55. The van der Waals surface area contributed by atoms with Crippen LogP contribution in [0, 0.1) is 5.82 Å². The summed E-state index contributed by atoms with van der Waals surface area (Å²) in [5, 5.41) is 4.06. The highest BCUT2D eigenvalue weighted by Crippen LogP contribution is 2.30. The molecule has 2 aromatic rings. The van der Waals surface area contributed by atoms with Crippen LogP contribution in [-0.2, 0) is 7.05 Å². The van der Waals surface area contributed by atoms with Gasteiger partial charge in [0.15, 0.2) is 5.75 Å². The fourth-order valence-corrected chi connectivity index (χ4v) is 1.97. The van der Waals surface area contributed by atoms with Crippen molar-refractivity contribution < 1.29 is 13.9 Å². The third kappa shape index (κ3) is 2.39. The average molecular weight is 265 g/mol. The predicted octanol–water partition coefficient (Wildman–Crippen LogP) is 1.62. The molecule has 1 heterocycles. The van der Waals surface area contributed by atoms with Crippen molar-refractivity contribution in [2.45, 2.75) is 6.04 Å². The Bertz CT molecular complexity index is 583. The molecule has 0 saturated carbocycles. The minimum Gasteiger partial charge on any atom is -0.497 e. The van der Waals surface area contributed by atoms with E-state index >= 15 is 0 Å². The molecular weight excluding hydrogens is 249 g/mol. The molecule has 0 saturated heterocycles. The minimum atomic E-state index is -0.659. The van der Waals surface area contributed by atoms with E-state index in [-0.39, 0.29) is 0 Å². The average Bonchev–Trinajstić information content (AvgIpc) is 2.78. The van der Waals surface area contributed by atoms with Crippen LogP contribution in [0.3, 0.4) is 0 Å². The Kier molecular flexibility index (Phi) is 3.71. The number of rotatable bonds is 4. The van der Waals surface area contributed by atoms with E-state index in [2.05, 4.69) is 5.10 Å². The topological polar surface area (TPSA) is 62.3 Å². The molecule has 1 aromatic heterocycles. The summed E-state index contributed by atoms with van der Waals surface area (Å²) in [6, 6.07) is 3.91. The summed E-state index contributed by atoms with van der Waals surface area (Å²) in [6.45, 7) is 0. The third-order valence-electron chi connectivity index (χ3n) is 3.01. The van der Waals surface area contributed by atoms with E-state index < -0.39 is 11.9 Å². The maximum absolute atomic E-state index is 14.0. The van der Waals surface area contributed by atoms with Crippen LogP contribution in [0.2, 0.25) is 0 Å². The van der Waals surface area contributed by atoms with Crippen LogP contribution in [0.1, 0.15) is 17.3 Å². The molecule has 102 valence electrons. The van der Waals surface area contributed by atoms with Crippen molar-refractivity contribution in [2.24, 2.45) is 12.8 Å².